The molecule has 1 aliphatic heterocycles. The molecule has 2 N–H and O–H groups in total. The molecule has 2 aromatic rings. The minimum Gasteiger partial charge on any atom is -0.350 e. The molecule has 7 heteroatoms. The van der Waals surface area contributed by atoms with Crippen LogP contribution in [0.3, 0.4) is 0 Å². The molecule has 0 aromatic heterocycles. The summed E-state index contributed by atoms with van der Waals surface area (Å²) in [6.45, 7) is 2.51. The summed E-state index contributed by atoms with van der Waals surface area (Å²) in [5.41, 5.74) is 2.91. The predicted molar refractivity (Wildman–Crippen MR) is 116 cm³/mol. The number of hydrazone groups is 1. The normalized spacial score (nSPS) is 13.6. The van der Waals surface area contributed by atoms with Crippen LogP contribution in [-0.2, 0) is 9.59 Å². The van der Waals surface area contributed by atoms with Crippen molar-refractivity contribution < 1.29 is 14.4 Å². The summed E-state index contributed by atoms with van der Waals surface area (Å²) in [4.78, 5) is 36.4. The van der Waals surface area contributed by atoms with Crippen LogP contribution < -0.4 is 10.6 Å². The van der Waals surface area contributed by atoms with Gasteiger partial charge in [0.25, 0.3) is 5.91 Å². The van der Waals surface area contributed by atoms with Gasteiger partial charge in [-0.1, -0.05) is 43.3 Å². The third-order valence-electron chi connectivity index (χ3n) is 4.71. The van der Waals surface area contributed by atoms with Crippen LogP contribution in [0.15, 0.2) is 59.7 Å². The second kappa shape index (κ2) is 10.3. The zero-order valence-corrected chi connectivity index (χ0v) is 17.1. The highest BCUT2D eigenvalue weighted by atomic mass is 16.2. The van der Waals surface area contributed by atoms with Gasteiger partial charge in [-0.25, -0.2) is 5.01 Å². The number of carbonyl (C=O) groups is 3. The van der Waals surface area contributed by atoms with Crippen LogP contribution in [0.25, 0.3) is 0 Å². The van der Waals surface area contributed by atoms with Crippen LogP contribution >= 0.6 is 0 Å². The van der Waals surface area contributed by atoms with Crippen molar-refractivity contribution in [3.05, 3.63) is 65.7 Å². The summed E-state index contributed by atoms with van der Waals surface area (Å²) < 4.78 is 0. The fourth-order valence-electron chi connectivity index (χ4n) is 3.18. The molecule has 0 atom stereocenters. The fraction of sp³-hybridized carbons (Fsp3) is 0.304. The van der Waals surface area contributed by atoms with Gasteiger partial charge in [0.2, 0.25) is 11.8 Å². The van der Waals surface area contributed by atoms with Gasteiger partial charge in [0.1, 0.15) is 0 Å². The molecule has 0 spiro atoms. The van der Waals surface area contributed by atoms with E-state index in [1.54, 1.807) is 24.3 Å². The van der Waals surface area contributed by atoms with Crippen molar-refractivity contribution in [1.29, 1.82) is 0 Å². The highest BCUT2D eigenvalue weighted by Crippen LogP contribution is 2.15. The van der Waals surface area contributed by atoms with Gasteiger partial charge in [0.15, 0.2) is 0 Å². The monoisotopic (exact) mass is 406 g/mol. The first-order valence-corrected chi connectivity index (χ1v) is 10.2. The number of rotatable bonds is 8. The smallest absolute Gasteiger partial charge is 0.251 e. The largest absolute Gasteiger partial charge is 0.350 e. The molecule has 3 rings (SSSR count). The number of hydrogen-bond acceptors (Lipinski definition) is 4. The molecule has 1 heterocycles. The molecule has 7 nitrogen and oxygen atoms in total. The molecule has 0 aliphatic carbocycles. The van der Waals surface area contributed by atoms with E-state index in [2.05, 4.69) is 15.7 Å². The van der Waals surface area contributed by atoms with E-state index in [9.17, 15) is 14.4 Å². The van der Waals surface area contributed by atoms with Crippen LogP contribution in [0, 0.1) is 0 Å². The van der Waals surface area contributed by atoms with Crippen molar-refractivity contribution in [3.63, 3.8) is 0 Å². The van der Waals surface area contributed by atoms with Gasteiger partial charge in [-0.15, -0.1) is 0 Å². The summed E-state index contributed by atoms with van der Waals surface area (Å²) in [5.74, 6) is -0.395. The van der Waals surface area contributed by atoms with Crippen LogP contribution in [0.2, 0.25) is 0 Å². The van der Waals surface area contributed by atoms with Crippen LogP contribution in [0.5, 0.6) is 0 Å². The molecular formula is C23H26N4O3. The van der Waals surface area contributed by atoms with Gasteiger partial charge in [-0.3, -0.25) is 14.4 Å². The number of amides is 3. The van der Waals surface area contributed by atoms with Gasteiger partial charge in [0, 0.05) is 37.1 Å². The maximum Gasteiger partial charge on any atom is 0.251 e. The Hall–Kier alpha value is -3.48. The molecule has 0 saturated carbocycles. The number of carbonyl (C=O) groups excluding carboxylic acids is 3. The lowest BCUT2D eigenvalue weighted by molar-refractivity contribution is -0.131. The number of anilines is 1. The fourth-order valence-corrected chi connectivity index (χ4v) is 3.18. The maximum absolute atomic E-state index is 12.5. The molecule has 30 heavy (non-hydrogen) atoms. The molecule has 2 aromatic carbocycles. The molecular weight excluding hydrogens is 380 g/mol. The Kier molecular flexibility index (Phi) is 7.32. The van der Waals surface area contributed by atoms with Crippen molar-refractivity contribution in [3.8, 4) is 0 Å². The lowest BCUT2D eigenvalue weighted by Gasteiger charge is -2.23. The first-order chi connectivity index (χ1) is 14.6. The molecule has 3 amide bonds. The quantitative estimate of drug-likeness (QED) is 0.705. The van der Waals surface area contributed by atoms with Crippen molar-refractivity contribution in [1.82, 2.24) is 10.3 Å². The van der Waals surface area contributed by atoms with E-state index in [0.717, 1.165) is 17.7 Å². The number of hydrogen-bond donors (Lipinski definition) is 2. The number of nitrogens with one attached hydrogen (secondary N) is 2. The van der Waals surface area contributed by atoms with Gasteiger partial charge >= 0.3 is 0 Å². The van der Waals surface area contributed by atoms with Crippen LogP contribution in [-0.4, -0.2) is 41.5 Å². The molecule has 0 fully saturated rings. The van der Waals surface area contributed by atoms with E-state index in [4.69, 9.17) is 0 Å². The van der Waals surface area contributed by atoms with E-state index in [-0.39, 0.29) is 24.3 Å². The molecule has 0 saturated heterocycles. The highest BCUT2D eigenvalue weighted by Gasteiger charge is 2.21. The standard InChI is InChI=1S/C23H26N4O3/c1-2-7-21(28)25-19-11-6-10-18(16-19)23(30)24-14-15-27-22(29)13-12-20(26-27)17-8-4-3-5-9-17/h3-6,8-11,16H,2,7,12-15H2,1H3,(H,24,30)(H,25,28). The Morgan fingerprint density at radius 3 is 2.63 bits per heavy atom. The summed E-state index contributed by atoms with van der Waals surface area (Å²) in [6.07, 6.45) is 2.21. The van der Waals surface area contributed by atoms with Gasteiger partial charge in [-0.05, 0) is 30.2 Å². The van der Waals surface area contributed by atoms with Gasteiger partial charge < -0.3 is 10.6 Å². The van der Waals surface area contributed by atoms with Crippen molar-refractivity contribution in [2.24, 2.45) is 5.10 Å². The average molecular weight is 406 g/mol. The van der Waals surface area contributed by atoms with Gasteiger partial charge in [-0.2, -0.15) is 5.10 Å². The summed E-state index contributed by atoms with van der Waals surface area (Å²) >= 11 is 0. The summed E-state index contributed by atoms with van der Waals surface area (Å²) in [5, 5.41) is 11.5. The second-order valence-electron chi connectivity index (χ2n) is 7.06. The van der Waals surface area contributed by atoms with E-state index >= 15 is 0 Å². The molecule has 0 bridgehead atoms. The van der Waals surface area contributed by atoms with E-state index in [0.29, 0.717) is 37.1 Å². The minimum absolute atomic E-state index is 0.0513. The highest BCUT2D eigenvalue weighted by molar-refractivity contribution is 6.04. The van der Waals surface area contributed by atoms with Crippen molar-refractivity contribution in [2.45, 2.75) is 32.6 Å². The van der Waals surface area contributed by atoms with E-state index in [1.807, 2.05) is 37.3 Å². The summed E-state index contributed by atoms with van der Waals surface area (Å²) in [7, 11) is 0. The SMILES string of the molecule is CCCC(=O)Nc1cccc(C(=O)NCCN2N=C(c3ccccc3)CCC2=O)c1. The Morgan fingerprint density at radius 1 is 1.07 bits per heavy atom. The van der Waals surface area contributed by atoms with E-state index in [1.165, 1.54) is 5.01 Å². The average Bonchev–Trinajstić information content (AvgIpc) is 2.76. The van der Waals surface area contributed by atoms with Crippen molar-refractivity contribution in [2.75, 3.05) is 18.4 Å². The molecule has 0 unspecified atom stereocenters. The molecule has 1 aliphatic rings. The third-order valence-corrected chi connectivity index (χ3v) is 4.71. The molecule has 0 radical (unpaired) electrons. The Balaban J connectivity index is 1.56. The Bertz CT molecular complexity index is 940. The van der Waals surface area contributed by atoms with Crippen LogP contribution in [0.1, 0.15) is 48.5 Å². The van der Waals surface area contributed by atoms with Crippen molar-refractivity contribution >= 4 is 29.1 Å². The lowest BCUT2D eigenvalue weighted by Crippen LogP contribution is -2.38. The Morgan fingerprint density at radius 2 is 1.87 bits per heavy atom. The third kappa shape index (κ3) is 5.76. The van der Waals surface area contributed by atoms with Gasteiger partial charge in [0.05, 0.1) is 12.3 Å². The number of nitrogens with zero attached hydrogens (tertiary/aromatic N) is 2. The number of benzene rings is 2. The molecule has 156 valence electrons. The topological polar surface area (TPSA) is 90.9 Å². The lowest BCUT2D eigenvalue weighted by atomic mass is 10.0. The van der Waals surface area contributed by atoms with E-state index < -0.39 is 0 Å². The summed E-state index contributed by atoms with van der Waals surface area (Å²) in [6, 6.07) is 16.6. The first-order valence-electron chi connectivity index (χ1n) is 10.2. The predicted octanol–water partition coefficient (Wildman–Crippen LogP) is 3.18. The minimum atomic E-state index is -0.265. The zero-order chi connectivity index (χ0) is 21.3. The zero-order valence-electron chi connectivity index (χ0n) is 17.1. The maximum atomic E-state index is 12.5. The Labute approximate surface area is 176 Å². The first kappa shape index (κ1) is 21.2. The second-order valence-corrected chi connectivity index (χ2v) is 7.06. The van der Waals surface area contributed by atoms with Crippen LogP contribution in [0.4, 0.5) is 5.69 Å².